The maximum atomic E-state index is 12.9. The van der Waals surface area contributed by atoms with Gasteiger partial charge in [0.1, 0.15) is 6.04 Å². The molecular formula is C21H24Cl2N2O2S. The van der Waals surface area contributed by atoms with Gasteiger partial charge >= 0.3 is 0 Å². The number of likely N-dealkylation sites (N-methyl/N-ethyl adjacent to an activating group) is 1. The zero-order valence-corrected chi connectivity index (χ0v) is 18.3. The molecule has 4 nitrogen and oxygen atoms in total. The van der Waals surface area contributed by atoms with E-state index in [0.29, 0.717) is 28.9 Å². The molecule has 2 amide bonds. The molecule has 7 heteroatoms. The minimum Gasteiger partial charge on any atom is -0.355 e. The van der Waals surface area contributed by atoms with Crippen LogP contribution in [0.2, 0.25) is 10.0 Å². The van der Waals surface area contributed by atoms with Gasteiger partial charge < -0.3 is 10.2 Å². The van der Waals surface area contributed by atoms with Gasteiger partial charge in [-0.2, -0.15) is 0 Å². The van der Waals surface area contributed by atoms with Gasteiger partial charge in [-0.05, 0) is 49.2 Å². The van der Waals surface area contributed by atoms with Crippen LogP contribution in [0.1, 0.15) is 25.0 Å². The summed E-state index contributed by atoms with van der Waals surface area (Å²) in [7, 11) is 0. The fourth-order valence-electron chi connectivity index (χ4n) is 2.66. The summed E-state index contributed by atoms with van der Waals surface area (Å²) in [6, 6.07) is 14.3. The van der Waals surface area contributed by atoms with Gasteiger partial charge in [-0.25, -0.2) is 0 Å². The van der Waals surface area contributed by atoms with Gasteiger partial charge in [-0.15, -0.1) is 11.8 Å². The number of rotatable bonds is 9. The summed E-state index contributed by atoms with van der Waals surface area (Å²) in [6.07, 6.45) is 0. The lowest BCUT2D eigenvalue weighted by Crippen LogP contribution is -2.48. The molecular weight excluding hydrogens is 415 g/mol. The predicted molar refractivity (Wildman–Crippen MR) is 118 cm³/mol. The number of nitrogens with zero attached hydrogens (tertiary/aromatic N) is 1. The number of hydrogen-bond acceptors (Lipinski definition) is 3. The second-order valence-corrected chi connectivity index (χ2v) is 8.20. The Morgan fingerprint density at radius 2 is 1.79 bits per heavy atom. The van der Waals surface area contributed by atoms with E-state index in [-0.39, 0.29) is 17.6 Å². The number of carbonyl (C=O) groups excluding carboxylic acids is 2. The summed E-state index contributed by atoms with van der Waals surface area (Å²) in [6.45, 7) is 4.46. The molecule has 1 N–H and O–H groups in total. The maximum absolute atomic E-state index is 12.9. The standard InChI is InChI=1S/C21H24Cl2N2O2S/c1-3-24-21(27)15(2)25(12-17-5-4-6-19(23)11-17)20(26)14-28-13-16-7-9-18(22)10-8-16/h4-11,15H,3,12-14H2,1-2H3,(H,24,27)/t15-/m1/s1. The molecule has 28 heavy (non-hydrogen) atoms. The molecule has 0 saturated carbocycles. The van der Waals surface area contributed by atoms with E-state index in [9.17, 15) is 9.59 Å². The summed E-state index contributed by atoms with van der Waals surface area (Å²) in [4.78, 5) is 26.8. The van der Waals surface area contributed by atoms with Crippen molar-refractivity contribution in [3.05, 3.63) is 69.7 Å². The van der Waals surface area contributed by atoms with Crippen molar-refractivity contribution in [3.8, 4) is 0 Å². The first kappa shape index (κ1) is 22.6. The molecule has 0 aliphatic rings. The summed E-state index contributed by atoms with van der Waals surface area (Å²) in [5.74, 6) is 0.731. The van der Waals surface area contributed by atoms with Gasteiger partial charge in [-0.1, -0.05) is 47.5 Å². The molecule has 0 spiro atoms. The van der Waals surface area contributed by atoms with Crippen molar-refractivity contribution in [3.63, 3.8) is 0 Å². The topological polar surface area (TPSA) is 49.4 Å². The van der Waals surface area contributed by atoms with Crippen molar-refractivity contribution in [2.75, 3.05) is 12.3 Å². The van der Waals surface area contributed by atoms with Crippen molar-refractivity contribution < 1.29 is 9.59 Å². The van der Waals surface area contributed by atoms with Crippen LogP contribution in [0.5, 0.6) is 0 Å². The molecule has 0 aromatic heterocycles. The third-order valence-corrected chi connectivity index (χ3v) is 5.64. The molecule has 2 aromatic carbocycles. The average molecular weight is 439 g/mol. The van der Waals surface area contributed by atoms with Crippen LogP contribution in [-0.4, -0.2) is 35.1 Å². The molecule has 150 valence electrons. The zero-order chi connectivity index (χ0) is 20.5. The van der Waals surface area contributed by atoms with Crippen molar-refractivity contribution >= 4 is 46.8 Å². The quantitative estimate of drug-likeness (QED) is 0.612. The fourth-order valence-corrected chi connectivity index (χ4v) is 3.87. The van der Waals surface area contributed by atoms with Gasteiger partial charge in [0, 0.05) is 28.9 Å². The first-order chi connectivity index (χ1) is 13.4. The Hall–Kier alpha value is -1.69. The SMILES string of the molecule is CCNC(=O)[C@@H](C)N(Cc1cccc(Cl)c1)C(=O)CSCc1ccc(Cl)cc1. The van der Waals surface area contributed by atoms with Gasteiger partial charge in [0.2, 0.25) is 11.8 Å². The van der Waals surface area contributed by atoms with E-state index in [1.54, 1.807) is 17.9 Å². The number of benzene rings is 2. The Balaban J connectivity index is 2.04. The molecule has 0 aliphatic heterocycles. The number of halogens is 2. The number of carbonyl (C=O) groups is 2. The Morgan fingerprint density at radius 1 is 1.07 bits per heavy atom. The molecule has 1 atom stereocenters. The average Bonchev–Trinajstić information content (AvgIpc) is 2.67. The monoisotopic (exact) mass is 438 g/mol. The van der Waals surface area contributed by atoms with Gasteiger partial charge in [0.05, 0.1) is 5.75 Å². The smallest absolute Gasteiger partial charge is 0.242 e. The van der Waals surface area contributed by atoms with Crippen molar-refractivity contribution in [1.82, 2.24) is 10.2 Å². The van der Waals surface area contributed by atoms with Crippen LogP contribution in [0.15, 0.2) is 48.5 Å². The first-order valence-electron chi connectivity index (χ1n) is 9.04. The van der Waals surface area contributed by atoms with Crippen LogP contribution in [0.4, 0.5) is 0 Å². The molecule has 0 unspecified atom stereocenters. The lowest BCUT2D eigenvalue weighted by Gasteiger charge is -2.28. The lowest BCUT2D eigenvalue weighted by molar-refractivity contribution is -0.138. The highest BCUT2D eigenvalue weighted by atomic mass is 35.5. The highest BCUT2D eigenvalue weighted by molar-refractivity contribution is 7.99. The van der Waals surface area contributed by atoms with Crippen LogP contribution in [0, 0.1) is 0 Å². The fraction of sp³-hybridized carbons (Fsp3) is 0.333. The number of thioether (sulfide) groups is 1. The van der Waals surface area contributed by atoms with Gasteiger partial charge in [-0.3, -0.25) is 9.59 Å². The summed E-state index contributed by atoms with van der Waals surface area (Å²) in [5, 5.41) is 4.08. The molecule has 0 heterocycles. The zero-order valence-electron chi connectivity index (χ0n) is 16.0. The highest BCUT2D eigenvalue weighted by Gasteiger charge is 2.25. The van der Waals surface area contributed by atoms with E-state index in [0.717, 1.165) is 11.1 Å². The van der Waals surface area contributed by atoms with E-state index in [4.69, 9.17) is 23.2 Å². The second-order valence-electron chi connectivity index (χ2n) is 6.34. The Kier molecular flexibility index (Phi) is 9.16. The number of nitrogens with one attached hydrogen (secondary N) is 1. The van der Waals surface area contributed by atoms with Crippen molar-refractivity contribution in [2.24, 2.45) is 0 Å². The normalized spacial score (nSPS) is 11.7. The molecule has 0 bridgehead atoms. The van der Waals surface area contributed by atoms with E-state index in [1.165, 1.54) is 11.8 Å². The third kappa shape index (κ3) is 7.04. The third-order valence-electron chi connectivity index (χ3n) is 4.17. The van der Waals surface area contributed by atoms with Crippen molar-refractivity contribution in [1.29, 1.82) is 0 Å². The van der Waals surface area contributed by atoms with Crippen LogP contribution in [-0.2, 0) is 21.9 Å². The Bertz CT molecular complexity index is 799. The van der Waals surface area contributed by atoms with Crippen LogP contribution >= 0.6 is 35.0 Å². The van der Waals surface area contributed by atoms with Crippen LogP contribution in [0.3, 0.4) is 0 Å². The summed E-state index contributed by atoms with van der Waals surface area (Å²) >= 11 is 13.5. The number of hydrogen-bond donors (Lipinski definition) is 1. The summed E-state index contributed by atoms with van der Waals surface area (Å²) < 4.78 is 0. The molecule has 0 aliphatic carbocycles. The van der Waals surface area contributed by atoms with E-state index < -0.39 is 6.04 Å². The summed E-state index contributed by atoms with van der Waals surface area (Å²) in [5.41, 5.74) is 1.99. The highest BCUT2D eigenvalue weighted by Crippen LogP contribution is 2.19. The van der Waals surface area contributed by atoms with Gasteiger partial charge in [0.25, 0.3) is 0 Å². The lowest BCUT2D eigenvalue weighted by atomic mass is 10.1. The molecule has 0 radical (unpaired) electrons. The van der Waals surface area contributed by atoms with Crippen LogP contribution in [0.25, 0.3) is 0 Å². The minimum absolute atomic E-state index is 0.0855. The second kappa shape index (κ2) is 11.3. The Morgan fingerprint density at radius 3 is 2.43 bits per heavy atom. The largest absolute Gasteiger partial charge is 0.355 e. The molecule has 2 rings (SSSR count). The molecule has 0 saturated heterocycles. The van der Waals surface area contributed by atoms with Crippen molar-refractivity contribution in [2.45, 2.75) is 32.2 Å². The minimum atomic E-state index is -0.567. The van der Waals surface area contributed by atoms with Gasteiger partial charge in [0.15, 0.2) is 0 Å². The van der Waals surface area contributed by atoms with Crippen LogP contribution < -0.4 is 5.32 Å². The molecule has 2 aromatic rings. The van der Waals surface area contributed by atoms with E-state index >= 15 is 0 Å². The maximum Gasteiger partial charge on any atom is 0.242 e. The van der Waals surface area contributed by atoms with E-state index in [2.05, 4.69) is 5.32 Å². The Labute approximate surface area is 180 Å². The first-order valence-corrected chi connectivity index (χ1v) is 11.0. The predicted octanol–water partition coefficient (Wildman–Crippen LogP) is 4.78. The number of amides is 2. The van der Waals surface area contributed by atoms with E-state index in [1.807, 2.05) is 49.4 Å². The molecule has 0 fully saturated rings.